The van der Waals surface area contributed by atoms with Gasteiger partial charge in [0.05, 0.1) is 0 Å². The molecule has 0 radical (unpaired) electrons. The molecule has 0 spiro atoms. The van der Waals surface area contributed by atoms with Gasteiger partial charge in [0, 0.05) is 0 Å². The maximum Gasteiger partial charge on any atom is 0.631 e. The summed E-state index contributed by atoms with van der Waals surface area (Å²) in [5.41, 5.74) is 0. The van der Waals surface area contributed by atoms with Crippen molar-refractivity contribution in [1.29, 1.82) is 0 Å². The molecule has 0 fully saturated rings. The molecule has 0 aliphatic rings. The summed E-state index contributed by atoms with van der Waals surface area (Å²) in [6, 6.07) is 0. The van der Waals surface area contributed by atoms with Crippen molar-refractivity contribution < 1.29 is 42.9 Å². The number of rotatable bonds is 4. The highest BCUT2D eigenvalue weighted by Gasteiger charge is 2.16. The molecule has 0 aromatic carbocycles. The van der Waals surface area contributed by atoms with Gasteiger partial charge >= 0.3 is 19.3 Å². The Labute approximate surface area is 89.8 Å². The van der Waals surface area contributed by atoms with Crippen LogP contribution in [0, 0.1) is 0 Å². The lowest BCUT2D eigenvalue weighted by molar-refractivity contribution is -0.168. The molecule has 0 atom stereocenters. The van der Waals surface area contributed by atoms with Gasteiger partial charge in [0.2, 0.25) is 0 Å². The van der Waals surface area contributed by atoms with Gasteiger partial charge in [0.25, 0.3) is 0 Å². The zero-order valence-electron chi connectivity index (χ0n) is 8.14. The van der Waals surface area contributed by atoms with Crippen LogP contribution in [0.4, 0.5) is 8.78 Å². The minimum atomic E-state index is -2.17. The Kier molecular flexibility index (Phi) is 12.7. The Morgan fingerprint density at radius 1 is 0.938 bits per heavy atom. The van der Waals surface area contributed by atoms with Crippen LogP contribution in [0.5, 0.6) is 0 Å². The van der Waals surface area contributed by atoms with E-state index in [9.17, 15) is 18.4 Å². The Morgan fingerprint density at radius 3 is 1.38 bits per heavy atom. The molecule has 0 amide bonds. The van der Waals surface area contributed by atoms with Crippen LogP contribution >= 0.6 is 0 Å². The summed E-state index contributed by atoms with van der Waals surface area (Å²) in [4.78, 5) is 20.8. The second-order valence-electron chi connectivity index (χ2n) is 2.00. The van der Waals surface area contributed by atoms with Crippen molar-refractivity contribution in [1.82, 2.24) is 0 Å². The minimum absolute atomic E-state index is 0.496. The minimum Gasteiger partial charge on any atom is -0.454 e. The number of alkyl halides is 2. The molecule has 0 aromatic rings. The van der Waals surface area contributed by atoms with Crippen molar-refractivity contribution in [2.75, 3.05) is 26.6 Å². The molecule has 7 nitrogen and oxygen atoms in total. The molecule has 0 unspecified atom stereocenters. The third-order valence-electron chi connectivity index (χ3n) is 0.787. The third kappa shape index (κ3) is 15.2. The molecule has 10 heteroatoms. The fraction of sp³-hybridized carbons (Fsp3) is 0.667. The highest BCUT2D eigenvalue weighted by Crippen LogP contribution is 1.85. The summed E-state index contributed by atoms with van der Waals surface area (Å²) in [7, 11) is -2.17. The Bertz CT molecular complexity index is 181. The standard InChI is InChI=1S/C6H8F2O4.BH3O3/c7-1-3-11-5(9)6(10)12-4-2-8;2-1(3)4/h1-4H2;2-4H. The molecule has 0 saturated heterocycles. The first kappa shape index (κ1) is 17.1. The largest absolute Gasteiger partial charge is 0.631 e. The lowest BCUT2D eigenvalue weighted by atomic mass is 10.3. The average molecular weight is 244 g/mol. The highest BCUT2D eigenvalue weighted by atomic mass is 19.1. The lowest BCUT2D eigenvalue weighted by Gasteiger charge is -2.00. The first-order valence-corrected chi connectivity index (χ1v) is 3.95. The van der Waals surface area contributed by atoms with Crippen molar-refractivity contribution in [3.8, 4) is 0 Å². The number of ether oxygens (including phenoxy) is 2. The summed E-state index contributed by atoms with van der Waals surface area (Å²) in [5.74, 6) is -2.61. The highest BCUT2D eigenvalue weighted by molar-refractivity contribution is 6.30. The fourth-order valence-corrected chi connectivity index (χ4v) is 0.380. The van der Waals surface area contributed by atoms with Crippen LogP contribution in [-0.2, 0) is 19.1 Å². The number of carbonyl (C=O) groups excluding carboxylic acids is 2. The molecule has 0 saturated carbocycles. The molecule has 0 rings (SSSR count). The molecule has 94 valence electrons. The summed E-state index contributed by atoms with van der Waals surface area (Å²) in [6.45, 7) is -2.74. The number of hydrogen-bond donors (Lipinski definition) is 3. The van der Waals surface area contributed by atoms with Crippen LogP contribution in [0.15, 0.2) is 0 Å². The van der Waals surface area contributed by atoms with E-state index in [1.807, 2.05) is 0 Å². The van der Waals surface area contributed by atoms with Crippen molar-refractivity contribution in [2.45, 2.75) is 0 Å². The molecule has 0 aromatic heterocycles. The van der Waals surface area contributed by atoms with E-state index in [1.54, 1.807) is 0 Å². The normalized spacial score (nSPS) is 8.56. The lowest BCUT2D eigenvalue weighted by Crippen LogP contribution is -2.22. The topological polar surface area (TPSA) is 113 Å². The fourth-order valence-electron chi connectivity index (χ4n) is 0.380. The summed E-state index contributed by atoms with van der Waals surface area (Å²) in [6.07, 6.45) is 0. The zero-order chi connectivity index (χ0) is 13.0. The van der Waals surface area contributed by atoms with E-state index in [2.05, 4.69) is 9.47 Å². The smallest absolute Gasteiger partial charge is 0.454 e. The monoisotopic (exact) mass is 244 g/mol. The van der Waals surface area contributed by atoms with Crippen LogP contribution < -0.4 is 0 Å². The van der Waals surface area contributed by atoms with E-state index < -0.39 is 45.8 Å². The number of halogens is 2. The van der Waals surface area contributed by atoms with Crippen molar-refractivity contribution in [3.05, 3.63) is 0 Å². The van der Waals surface area contributed by atoms with Crippen molar-refractivity contribution >= 4 is 19.3 Å². The zero-order valence-corrected chi connectivity index (χ0v) is 8.14. The first-order chi connectivity index (χ1) is 7.45. The maximum absolute atomic E-state index is 11.4. The molecular weight excluding hydrogens is 233 g/mol. The van der Waals surface area contributed by atoms with E-state index in [1.165, 1.54) is 0 Å². The van der Waals surface area contributed by atoms with Gasteiger partial charge in [-0.1, -0.05) is 0 Å². The van der Waals surface area contributed by atoms with Gasteiger partial charge in [-0.25, -0.2) is 18.4 Å². The van der Waals surface area contributed by atoms with Crippen LogP contribution in [0.2, 0.25) is 0 Å². The van der Waals surface area contributed by atoms with Crippen molar-refractivity contribution in [3.63, 3.8) is 0 Å². The summed E-state index contributed by atoms with van der Waals surface area (Å²) < 4.78 is 30.8. The molecule has 0 bridgehead atoms. The molecule has 0 aliphatic heterocycles. The third-order valence-corrected chi connectivity index (χ3v) is 0.787. The van der Waals surface area contributed by atoms with Gasteiger partial charge in [-0.2, -0.15) is 0 Å². The molecular formula is C6H11BF2O7. The number of hydrogen-bond acceptors (Lipinski definition) is 7. The van der Waals surface area contributed by atoms with Gasteiger partial charge in [-0.3, -0.25) is 0 Å². The first-order valence-electron chi connectivity index (χ1n) is 3.95. The van der Waals surface area contributed by atoms with Gasteiger partial charge < -0.3 is 24.5 Å². The van der Waals surface area contributed by atoms with E-state index in [4.69, 9.17) is 15.1 Å². The molecule has 0 aliphatic carbocycles. The van der Waals surface area contributed by atoms with Crippen LogP contribution in [0.25, 0.3) is 0 Å². The number of carbonyl (C=O) groups is 2. The number of esters is 2. The average Bonchev–Trinajstić information content (AvgIpc) is 2.21. The van der Waals surface area contributed by atoms with Gasteiger partial charge in [-0.15, -0.1) is 0 Å². The SMILES string of the molecule is O=C(OCCF)C(=O)OCCF.OB(O)O. The Hall–Kier alpha value is -1.26. The molecule has 0 heterocycles. The van der Waals surface area contributed by atoms with Gasteiger partial charge in [0.1, 0.15) is 26.6 Å². The van der Waals surface area contributed by atoms with Crippen LogP contribution in [-0.4, -0.2) is 60.9 Å². The molecule has 3 N–H and O–H groups in total. The van der Waals surface area contributed by atoms with Crippen molar-refractivity contribution in [2.24, 2.45) is 0 Å². The summed E-state index contributed by atoms with van der Waals surface area (Å²) >= 11 is 0. The van der Waals surface area contributed by atoms with Gasteiger partial charge in [0.15, 0.2) is 0 Å². The Morgan fingerprint density at radius 2 is 1.19 bits per heavy atom. The van der Waals surface area contributed by atoms with Crippen LogP contribution in [0.1, 0.15) is 0 Å². The maximum atomic E-state index is 11.4. The second-order valence-corrected chi connectivity index (χ2v) is 2.00. The van der Waals surface area contributed by atoms with E-state index in [0.717, 1.165) is 0 Å². The van der Waals surface area contributed by atoms with Crippen LogP contribution in [0.3, 0.4) is 0 Å². The predicted octanol–water partition coefficient (Wildman–Crippen LogP) is -2.04. The Balaban J connectivity index is 0. The summed E-state index contributed by atoms with van der Waals surface area (Å²) in [5, 5.41) is 21.5. The van der Waals surface area contributed by atoms with E-state index >= 15 is 0 Å². The predicted molar refractivity (Wildman–Crippen MR) is 46.3 cm³/mol. The quantitative estimate of drug-likeness (QED) is 0.296. The molecule has 16 heavy (non-hydrogen) atoms. The van der Waals surface area contributed by atoms with E-state index in [0.29, 0.717) is 0 Å². The van der Waals surface area contributed by atoms with E-state index in [-0.39, 0.29) is 0 Å². The van der Waals surface area contributed by atoms with Gasteiger partial charge in [-0.05, 0) is 0 Å². The second kappa shape index (κ2) is 11.8.